The van der Waals surface area contributed by atoms with E-state index in [4.69, 9.17) is 4.74 Å². The predicted octanol–water partition coefficient (Wildman–Crippen LogP) is 2.15. The van der Waals surface area contributed by atoms with Gasteiger partial charge >= 0.3 is 0 Å². The fourth-order valence-corrected chi connectivity index (χ4v) is 4.25. The van der Waals surface area contributed by atoms with Crippen molar-refractivity contribution in [3.63, 3.8) is 0 Å². The minimum absolute atomic E-state index is 0.0208. The van der Waals surface area contributed by atoms with E-state index in [0.29, 0.717) is 18.2 Å². The molecule has 2 unspecified atom stereocenters. The highest BCUT2D eigenvalue weighted by atomic mass is 32.2. The third kappa shape index (κ3) is 4.59. The minimum Gasteiger partial charge on any atom is -0.382 e. The first kappa shape index (κ1) is 20.0. The lowest BCUT2D eigenvalue weighted by atomic mass is 9.90. The standard InChI is InChI=1S/C20H28N2O4S/c1-13-10-15(12-22(2)19(13)23)17-11-14(20(24)27(3)25)4-5-18(17)21-16-6-8-26-9-7-16/h4-5,10-11,15-16,20-21,24H,6-9,12H2,1-3H3/t15?,20-,27?/m1/s1. The fraction of sp³-hybridized carbons (Fsp3) is 0.550. The smallest absolute Gasteiger partial charge is 0.248 e. The van der Waals surface area contributed by atoms with Crippen molar-refractivity contribution in [2.24, 2.45) is 0 Å². The molecular formula is C20H28N2O4S. The van der Waals surface area contributed by atoms with Gasteiger partial charge in [-0.1, -0.05) is 12.1 Å². The van der Waals surface area contributed by atoms with E-state index in [1.807, 2.05) is 31.2 Å². The molecule has 2 aliphatic rings. The maximum atomic E-state index is 12.1. The monoisotopic (exact) mass is 392 g/mol. The van der Waals surface area contributed by atoms with Crippen molar-refractivity contribution in [2.45, 2.75) is 37.2 Å². The van der Waals surface area contributed by atoms with Gasteiger partial charge in [0.1, 0.15) is 0 Å². The van der Waals surface area contributed by atoms with Crippen LogP contribution in [-0.4, -0.2) is 59.2 Å². The first-order chi connectivity index (χ1) is 12.9. The van der Waals surface area contributed by atoms with E-state index in [9.17, 15) is 14.1 Å². The summed E-state index contributed by atoms with van der Waals surface area (Å²) in [5, 5.41) is 13.9. The molecule has 1 aromatic rings. The van der Waals surface area contributed by atoms with Crippen molar-refractivity contribution in [2.75, 3.05) is 38.4 Å². The molecular weight excluding hydrogens is 364 g/mol. The molecule has 148 valence electrons. The Morgan fingerprint density at radius 2 is 2.04 bits per heavy atom. The molecule has 1 fully saturated rings. The maximum absolute atomic E-state index is 12.1. The van der Waals surface area contributed by atoms with Crippen LogP contribution in [0.2, 0.25) is 0 Å². The van der Waals surface area contributed by atoms with Gasteiger partial charge in [0.15, 0.2) is 5.44 Å². The van der Waals surface area contributed by atoms with Gasteiger partial charge in [0.25, 0.3) is 0 Å². The second kappa shape index (κ2) is 8.54. The molecule has 2 heterocycles. The van der Waals surface area contributed by atoms with Gasteiger partial charge in [0, 0.05) is 56.3 Å². The van der Waals surface area contributed by atoms with Crippen molar-refractivity contribution in [3.8, 4) is 0 Å². The van der Waals surface area contributed by atoms with Crippen molar-refractivity contribution in [3.05, 3.63) is 41.0 Å². The average molecular weight is 393 g/mol. The SMILES string of the molecule is CC1=CC(c2cc([C@H](O)S(C)=O)ccc2NC2CCOCC2)CN(C)C1=O. The molecule has 7 heteroatoms. The fourth-order valence-electron chi connectivity index (χ4n) is 3.72. The lowest BCUT2D eigenvalue weighted by Gasteiger charge is -2.31. The van der Waals surface area contributed by atoms with Crippen molar-refractivity contribution in [1.82, 2.24) is 4.90 Å². The normalized spacial score (nSPS) is 23.7. The van der Waals surface area contributed by atoms with E-state index in [1.54, 1.807) is 11.9 Å². The zero-order valence-electron chi connectivity index (χ0n) is 16.1. The van der Waals surface area contributed by atoms with Gasteiger partial charge in [-0.2, -0.15) is 0 Å². The summed E-state index contributed by atoms with van der Waals surface area (Å²) in [6.07, 6.45) is 5.38. The number of likely N-dealkylation sites (N-methyl/N-ethyl adjacent to an activating group) is 1. The Labute approximate surface area is 163 Å². The molecule has 0 radical (unpaired) electrons. The highest BCUT2D eigenvalue weighted by Gasteiger charge is 2.27. The van der Waals surface area contributed by atoms with E-state index < -0.39 is 16.2 Å². The van der Waals surface area contributed by atoms with E-state index in [1.165, 1.54) is 6.26 Å². The molecule has 3 rings (SSSR count). The van der Waals surface area contributed by atoms with Crippen LogP contribution in [0.3, 0.4) is 0 Å². The van der Waals surface area contributed by atoms with Crippen molar-refractivity contribution < 1.29 is 18.8 Å². The number of amides is 1. The summed E-state index contributed by atoms with van der Waals surface area (Å²) in [7, 11) is 0.434. The van der Waals surface area contributed by atoms with E-state index in [2.05, 4.69) is 5.32 Å². The third-order valence-electron chi connectivity index (χ3n) is 5.26. The molecule has 3 atom stereocenters. The van der Waals surface area contributed by atoms with Crippen LogP contribution in [0.25, 0.3) is 0 Å². The van der Waals surface area contributed by atoms with Crippen LogP contribution in [0.1, 0.15) is 42.2 Å². The summed E-state index contributed by atoms with van der Waals surface area (Å²) in [6.45, 7) is 3.90. The molecule has 2 N–H and O–H groups in total. The van der Waals surface area contributed by atoms with Gasteiger partial charge in [-0.05, 0) is 43.0 Å². The number of anilines is 1. The molecule has 0 aromatic heterocycles. The Balaban J connectivity index is 1.97. The number of benzene rings is 1. The average Bonchev–Trinajstić information content (AvgIpc) is 2.66. The van der Waals surface area contributed by atoms with Gasteiger partial charge in [0.2, 0.25) is 5.91 Å². The third-order valence-corrected chi connectivity index (χ3v) is 6.16. The van der Waals surface area contributed by atoms with Gasteiger partial charge in [-0.25, -0.2) is 0 Å². The molecule has 2 aliphatic heterocycles. The summed E-state index contributed by atoms with van der Waals surface area (Å²) < 4.78 is 17.2. The number of aliphatic hydroxyl groups excluding tert-OH is 1. The van der Waals surface area contributed by atoms with Crippen LogP contribution in [-0.2, 0) is 20.3 Å². The number of nitrogens with zero attached hydrogens (tertiary/aromatic N) is 1. The van der Waals surface area contributed by atoms with Gasteiger partial charge < -0.3 is 20.1 Å². The van der Waals surface area contributed by atoms with Gasteiger partial charge in [-0.15, -0.1) is 0 Å². The number of nitrogens with one attached hydrogen (secondary N) is 1. The van der Waals surface area contributed by atoms with Gasteiger partial charge in [0.05, 0.1) is 10.8 Å². The van der Waals surface area contributed by atoms with E-state index in [0.717, 1.165) is 42.9 Å². The quantitative estimate of drug-likeness (QED) is 0.803. The second-order valence-corrected chi connectivity index (χ2v) is 8.81. The molecule has 6 nitrogen and oxygen atoms in total. The number of hydrogen-bond donors (Lipinski definition) is 2. The van der Waals surface area contributed by atoms with Crippen LogP contribution in [0.15, 0.2) is 29.8 Å². The van der Waals surface area contributed by atoms with Crippen molar-refractivity contribution in [1.29, 1.82) is 0 Å². The molecule has 27 heavy (non-hydrogen) atoms. The zero-order valence-corrected chi connectivity index (χ0v) is 16.9. The molecule has 1 aromatic carbocycles. The van der Waals surface area contributed by atoms with Crippen LogP contribution >= 0.6 is 0 Å². The Morgan fingerprint density at radius 3 is 2.67 bits per heavy atom. The maximum Gasteiger partial charge on any atom is 0.248 e. The molecule has 1 saturated heterocycles. The Hall–Kier alpha value is -1.70. The zero-order chi connectivity index (χ0) is 19.6. The number of carbonyl (C=O) groups excluding carboxylic acids is 1. The molecule has 0 spiro atoms. The Kier molecular flexibility index (Phi) is 6.34. The highest BCUT2D eigenvalue weighted by Crippen LogP contribution is 2.34. The Morgan fingerprint density at radius 1 is 1.33 bits per heavy atom. The van der Waals surface area contributed by atoms with E-state index >= 15 is 0 Å². The number of aliphatic hydroxyl groups is 1. The first-order valence-corrected chi connectivity index (χ1v) is 10.9. The first-order valence-electron chi connectivity index (χ1n) is 9.29. The lowest BCUT2D eigenvalue weighted by Crippen LogP contribution is -2.35. The number of ether oxygens (including phenoxy) is 1. The van der Waals surface area contributed by atoms with Crippen LogP contribution in [0.5, 0.6) is 0 Å². The summed E-state index contributed by atoms with van der Waals surface area (Å²) in [4.78, 5) is 13.8. The largest absolute Gasteiger partial charge is 0.382 e. The molecule has 1 amide bonds. The Bertz CT molecular complexity index is 758. The van der Waals surface area contributed by atoms with Crippen molar-refractivity contribution >= 4 is 22.4 Å². The second-order valence-electron chi connectivity index (χ2n) is 7.37. The number of hydrogen-bond acceptors (Lipinski definition) is 5. The summed E-state index contributed by atoms with van der Waals surface area (Å²) in [6, 6.07) is 6.04. The number of carbonyl (C=O) groups is 1. The minimum atomic E-state index is -1.37. The summed E-state index contributed by atoms with van der Waals surface area (Å²) in [5.41, 5.74) is 2.34. The molecule has 0 bridgehead atoms. The summed E-state index contributed by atoms with van der Waals surface area (Å²) in [5.74, 6) is 0.0588. The molecule has 0 saturated carbocycles. The predicted molar refractivity (Wildman–Crippen MR) is 107 cm³/mol. The van der Waals surface area contributed by atoms with Crippen LogP contribution < -0.4 is 5.32 Å². The van der Waals surface area contributed by atoms with Crippen LogP contribution in [0, 0.1) is 0 Å². The van der Waals surface area contributed by atoms with Gasteiger partial charge in [-0.3, -0.25) is 9.00 Å². The van der Waals surface area contributed by atoms with E-state index in [-0.39, 0.29) is 11.8 Å². The topological polar surface area (TPSA) is 78.9 Å². The number of rotatable bonds is 5. The van der Waals surface area contributed by atoms with Crippen LogP contribution in [0.4, 0.5) is 5.69 Å². The molecule has 0 aliphatic carbocycles. The summed E-state index contributed by atoms with van der Waals surface area (Å²) >= 11 is 0. The highest BCUT2D eigenvalue weighted by molar-refractivity contribution is 7.84. The lowest BCUT2D eigenvalue weighted by molar-refractivity contribution is -0.126.